The fraction of sp³-hybridized carbons (Fsp3) is 0. The van der Waals surface area contributed by atoms with Gasteiger partial charge in [-0.15, -0.1) is 0 Å². The lowest BCUT2D eigenvalue weighted by Crippen LogP contribution is -2.16. The van der Waals surface area contributed by atoms with Gasteiger partial charge in [0.05, 0.1) is 16.4 Å². The van der Waals surface area contributed by atoms with E-state index in [1.54, 1.807) is 0 Å². The molecule has 5 nitrogen and oxygen atoms in total. The Morgan fingerprint density at radius 3 is 2.74 bits per heavy atom. The van der Waals surface area contributed by atoms with Crippen molar-refractivity contribution in [3.8, 4) is 0 Å². The first-order valence-corrected chi connectivity index (χ1v) is 6.94. The number of sulfonamides is 1. The number of aromatic nitrogens is 1. The van der Waals surface area contributed by atoms with Gasteiger partial charge in [0.25, 0.3) is 10.0 Å². The van der Waals surface area contributed by atoms with Crippen molar-refractivity contribution < 1.29 is 12.8 Å². The normalized spacial score (nSPS) is 11.3. The highest BCUT2D eigenvalue weighted by molar-refractivity contribution is 7.92. The van der Waals surface area contributed by atoms with Gasteiger partial charge in [-0.2, -0.15) is 8.42 Å². The van der Waals surface area contributed by atoms with E-state index in [2.05, 4.69) is 9.71 Å². The van der Waals surface area contributed by atoms with Crippen LogP contribution >= 0.6 is 11.6 Å². The van der Waals surface area contributed by atoms with Crippen molar-refractivity contribution in [3.63, 3.8) is 0 Å². The van der Waals surface area contributed by atoms with Crippen LogP contribution in [0, 0.1) is 5.82 Å². The van der Waals surface area contributed by atoms with Crippen LogP contribution in [0.1, 0.15) is 0 Å². The Bertz CT molecular complexity index is 722. The number of anilines is 2. The quantitative estimate of drug-likeness (QED) is 0.910. The zero-order valence-electron chi connectivity index (χ0n) is 9.47. The fourth-order valence-corrected chi connectivity index (χ4v) is 2.75. The van der Waals surface area contributed by atoms with Gasteiger partial charge < -0.3 is 5.73 Å². The Hall–Kier alpha value is -1.86. The van der Waals surface area contributed by atoms with Crippen LogP contribution in [0.5, 0.6) is 0 Å². The molecule has 0 aliphatic carbocycles. The molecule has 1 heterocycles. The number of hydrogen-bond acceptors (Lipinski definition) is 4. The lowest BCUT2D eigenvalue weighted by Gasteiger charge is -2.10. The molecule has 0 atom stereocenters. The highest BCUT2D eigenvalue weighted by Gasteiger charge is 2.20. The number of rotatable bonds is 3. The van der Waals surface area contributed by atoms with Gasteiger partial charge in [0, 0.05) is 6.20 Å². The summed E-state index contributed by atoms with van der Waals surface area (Å²) in [6, 6.07) is 6.24. The Balaban J connectivity index is 2.43. The van der Waals surface area contributed by atoms with Crippen LogP contribution in [-0.2, 0) is 10.0 Å². The molecule has 0 bridgehead atoms. The average Bonchev–Trinajstić information content (AvgIpc) is 2.34. The number of benzene rings is 1. The van der Waals surface area contributed by atoms with E-state index in [0.717, 1.165) is 12.1 Å². The number of nitrogens with two attached hydrogens (primary N) is 1. The topological polar surface area (TPSA) is 85.1 Å². The molecule has 1 aromatic heterocycles. The second-order valence-electron chi connectivity index (χ2n) is 3.63. The molecular weight excluding hydrogens is 293 g/mol. The first kappa shape index (κ1) is 13.6. The molecule has 1 aromatic carbocycles. The summed E-state index contributed by atoms with van der Waals surface area (Å²) in [5.74, 6) is -0.615. The minimum atomic E-state index is -4.02. The number of nitrogens with one attached hydrogen (secondary N) is 1. The molecule has 2 aromatic rings. The molecule has 19 heavy (non-hydrogen) atoms. The lowest BCUT2D eigenvalue weighted by atomic mass is 10.3. The summed E-state index contributed by atoms with van der Waals surface area (Å²) in [6.07, 6.45) is 1.29. The maximum atomic E-state index is 13.1. The summed E-state index contributed by atoms with van der Waals surface area (Å²) < 4.78 is 39.3. The largest absolute Gasteiger partial charge is 0.396 e. The van der Waals surface area contributed by atoms with Crippen molar-refractivity contribution in [3.05, 3.63) is 47.4 Å². The van der Waals surface area contributed by atoms with Gasteiger partial charge in [0.2, 0.25) is 0 Å². The first-order valence-electron chi connectivity index (χ1n) is 5.08. The van der Waals surface area contributed by atoms with Gasteiger partial charge >= 0.3 is 0 Å². The number of nitrogen functional groups attached to an aromatic ring is 1. The molecule has 0 saturated heterocycles. The molecule has 8 heteroatoms. The minimum Gasteiger partial charge on any atom is -0.396 e. The predicted molar refractivity (Wildman–Crippen MR) is 70.9 cm³/mol. The van der Waals surface area contributed by atoms with Gasteiger partial charge in [-0.1, -0.05) is 11.6 Å². The van der Waals surface area contributed by atoms with Crippen molar-refractivity contribution in [1.29, 1.82) is 0 Å². The van der Waals surface area contributed by atoms with Crippen LogP contribution in [0.3, 0.4) is 0 Å². The maximum Gasteiger partial charge on any atom is 0.281 e. The van der Waals surface area contributed by atoms with Gasteiger partial charge in [0.15, 0.2) is 5.03 Å². The second-order valence-corrected chi connectivity index (χ2v) is 5.63. The van der Waals surface area contributed by atoms with Crippen LogP contribution in [0.4, 0.5) is 15.8 Å². The van der Waals surface area contributed by atoms with E-state index >= 15 is 0 Å². The van der Waals surface area contributed by atoms with Crippen LogP contribution in [-0.4, -0.2) is 13.4 Å². The van der Waals surface area contributed by atoms with Gasteiger partial charge in [0.1, 0.15) is 5.82 Å². The Morgan fingerprint density at radius 1 is 1.32 bits per heavy atom. The second kappa shape index (κ2) is 5.02. The zero-order valence-corrected chi connectivity index (χ0v) is 11.0. The van der Waals surface area contributed by atoms with E-state index < -0.39 is 15.8 Å². The van der Waals surface area contributed by atoms with E-state index in [-0.39, 0.29) is 21.4 Å². The third-order valence-electron chi connectivity index (χ3n) is 2.23. The Morgan fingerprint density at radius 2 is 2.05 bits per heavy atom. The fourth-order valence-electron chi connectivity index (χ4n) is 1.40. The maximum absolute atomic E-state index is 13.1. The highest BCUT2D eigenvalue weighted by Crippen LogP contribution is 2.26. The number of nitrogens with zero attached hydrogens (tertiary/aromatic N) is 1. The molecule has 100 valence electrons. The molecule has 2 rings (SSSR count). The van der Waals surface area contributed by atoms with Crippen LogP contribution in [0.2, 0.25) is 5.02 Å². The van der Waals surface area contributed by atoms with Crippen LogP contribution in [0.15, 0.2) is 41.6 Å². The molecule has 0 radical (unpaired) electrons. The molecule has 0 aliphatic rings. The summed E-state index contributed by atoms with van der Waals surface area (Å²) in [6.45, 7) is 0. The summed E-state index contributed by atoms with van der Waals surface area (Å²) in [5, 5.41) is -0.269. The lowest BCUT2D eigenvalue weighted by molar-refractivity contribution is 0.598. The van der Waals surface area contributed by atoms with Crippen LogP contribution in [0.25, 0.3) is 0 Å². The van der Waals surface area contributed by atoms with Crippen molar-refractivity contribution in [2.75, 3.05) is 10.5 Å². The summed E-state index contributed by atoms with van der Waals surface area (Å²) in [4.78, 5) is 3.69. The van der Waals surface area contributed by atoms with Crippen LogP contribution < -0.4 is 10.5 Å². The van der Waals surface area contributed by atoms with E-state index in [4.69, 9.17) is 17.3 Å². The predicted octanol–water partition coefficient (Wildman–Crippen LogP) is 2.26. The average molecular weight is 302 g/mol. The van der Waals surface area contributed by atoms with Crippen molar-refractivity contribution in [2.45, 2.75) is 5.03 Å². The van der Waals surface area contributed by atoms with Gasteiger partial charge in [-0.3, -0.25) is 4.72 Å². The standard InChI is InChI=1S/C11H9ClFN3O2S/c12-8-4-3-7(13)6-10(8)16-19(17,18)11-9(14)2-1-5-15-11/h1-6,16H,14H2. The Labute approximate surface area is 114 Å². The molecule has 0 unspecified atom stereocenters. The SMILES string of the molecule is Nc1cccnc1S(=O)(=O)Nc1cc(F)ccc1Cl. The third kappa shape index (κ3) is 2.94. The Kier molecular flexibility index (Phi) is 3.59. The summed E-state index contributed by atoms with van der Waals surface area (Å²) >= 11 is 5.78. The van der Waals surface area contributed by atoms with E-state index in [0.29, 0.717) is 0 Å². The molecule has 0 fully saturated rings. The minimum absolute atomic E-state index is 0.0116. The van der Waals surface area contributed by atoms with E-state index in [9.17, 15) is 12.8 Å². The monoisotopic (exact) mass is 301 g/mol. The molecule has 3 N–H and O–H groups in total. The van der Waals surface area contributed by atoms with E-state index in [1.165, 1.54) is 24.4 Å². The van der Waals surface area contributed by atoms with Crippen molar-refractivity contribution >= 4 is 33.0 Å². The van der Waals surface area contributed by atoms with Gasteiger partial charge in [-0.25, -0.2) is 9.37 Å². The van der Waals surface area contributed by atoms with Gasteiger partial charge in [-0.05, 0) is 30.3 Å². The molecule has 0 saturated carbocycles. The molecule has 0 amide bonds. The van der Waals surface area contributed by atoms with E-state index in [1.807, 2.05) is 0 Å². The number of hydrogen-bond donors (Lipinski definition) is 2. The first-order chi connectivity index (χ1) is 8.90. The summed E-state index contributed by atoms with van der Waals surface area (Å²) in [5.41, 5.74) is 5.45. The van der Waals surface area contributed by atoms with Crippen molar-refractivity contribution in [2.24, 2.45) is 0 Å². The van der Waals surface area contributed by atoms with Crippen molar-refractivity contribution in [1.82, 2.24) is 4.98 Å². The molecular formula is C11H9ClFN3O2S. The third-order valence-corrected chi connectivity index (χ3v) is 3.90. The smallest absolute Gasteiger partial charge is 0.281 e. The number of pyridine rings is 1. The summed E-state index contributed by atoms with van der Waals surface area (Å²) in [7, 11) is -4.02. The zero-order chi connectivity index (χ0) is 14.0. The number of halogens is 2. The molecule has 0 aliphatic heterocycles. The molecule has 0 spiro atoms. The highest BCUT2D eigenvalue weighted by atomic mass is 35.5.